The number of hydrogen-bond acceptors (Lipinski definition) is 3. The van der Waals surface area contributed by atoms with E-state index in [4.69, 9.17) is 4.74 Å². The van der Waals surface area contributed by atoms with Gasteiger partial charge in [0.15, 0.2) is 0 Å². The molecule has 0 radical (unpaired) electrons. The van der Waals surface area contributed by atoms with Gasteiger partial charge in [0.05, 0.1) is 13.0 Å². The van der Waals surface area contributed by atoms with Gasteiger partial charge in [0.25, 0.3) is 0 Å². The van der Waals surface area contributed by atoms with E-state index in [1.807, 2.05) is 56.3 Å². The summed E-state index contributed by atoms with van der Waals surface area (Å²) >= 11 is 0. The van der Waals surface area contributed by atoms with Gasteiger partial charge in [0, 0.05) is 24.3 Å². The van der Waals surface area contributed by atoms with Crippen LogP contribution in [-0.4, -0.2) is 25.5 Å². The molecule has 1 saturated heterocycles. The lowest BCUT2D eigenvalue weighted by Gasteiger charge is -2.17. The highest BCUT2D eigenvalue weighted by molar-refractivity contribution is 6.03. The minimum Gasteiger partial charge on any atom is -0.497 e. The number of carbonyl (C=O) groups excluding carboxylic acids is 2. The number of anilines is 2. The second-order valence-electron chi connectivity index (χ2n) is 6.41. The lowest BCUT2D eigenvalue weighted by atomic mass is 10.1. The van der Waals surface area contributed by atoms with Crippen molar-refractivity contribution >= 4 is 23.2 Å². The molecule has 2 aromatic rings. The molecule has 5 nitrogen and oxygen atoms in total. The van der Waals surface area contributed by atoms with Crippen LogP contribution in [0.3, 0.4) is 0 Å². The summed E-state index contributed by atoms with van der Waals surface area (Å²) < 4.78 is 5.14. The van der Waals surface area contributed by atoms with Crippen LogP contribution in [0.1, 0.15) is 17.5 Å². The quantitative estimate of drug-likeness (QED) is 0.930. The third kappa shape index (κ3) is 3.65. The molecule has 3 rings (SSSR count). The largest absolute Gasteiger partial charge is 0.497 e. The van der Waals surface area contributed by atoms with Crippen LogP contribution in [0.4, 0.5) is 11.4 Å². The van der Waals surface area contributed by atoms with Gasteiger partial charge >= 0.3 is 0 Å². The first-order valence-electron chi connectivity index (χ1n) is 8.30. The molecule has 0 aliphatic carbocycles. The van der Waals surface area contributed by atoms with Crippen molar-refractivity contribution < 1.29 is 14.3 Å². The first kappa shape index (κ1) is 17.0. The van der Waals surface area contributed by atoms with Crippen LogP contribution in [0, 0.1) is 19.8 Å². The van der Waals surface area contributed by atoms with Gasteiger partial charge in [-0.05, 0) is 55.3 Å². The molecule has 1 heterocycles. The highest BCUT2D eigenvalue weighted by atomic mass is 16.5. The summed E-state index contributed by atoms with van der Waals surface area (Å²) in [7, 11) is 1.60. The van der Waals surface area contributed by atoms with E-state index in [2.05, 4.69) is 5.32 Å². The Labute approximate surface area is 147 Å². The Kier molecular flexibility index (Phi) is 4.74. The molecule has 130 valence electrons. The molecular weight excluding hydrogens is 316 g/mol. The smallest absolute Gasteiger partial charge is 0.229 e. The van der Waals surface area contributed by atoms with Crippen molar-refractivity contribution in [3.8, 4) is 5.75 Å². The normalized spacial score (nSPS) is 16.8. The fourth-order valence-electron chi connectivity index (χ4n) is 3.00. The van der Waals surface area contributed by atoms with Gasteiger partial charge in [0.2, 0.25) is 11.8 Å². The average molecular weight is 338 g/mol. The van der Waals surface area contributed by atoms with Gasteiger partial charge < -0.3 is 15.0 Å². The maximum Gasteiger partial charge on any atom is 0.229 e. The highest BCUT2D eigenvalue weighted by Crippen LogP contribution is 2.28. The predicted octanol–water partition coefficient (Wildman–Crippen LogP) is 3.30. The Morgan fingerprint density at radius 2 is 1.88 bits per heavy atom. The lowest BCUT2D eigenvalue weighted by molar-refractivity contribution is -0.122. The second-order valence-corrected chi connectivity index (χ2v) is 6.41. The van der Waals surface area contributed by atoms with Crippen LogP contribution >= 0.6 is 0 Å². The van der Waals surface area contributed by atoms with Crippen molar-refractivity contribution in [3.63, 3.8) is 0 Å². The number of hydrogen-bond donors (Lipinski definition) is 1. The van der Waals surface area contributed by atoms with Crippen LogP contribution in [0.2, 0.25) is 0 Å². The fraction of sp³-hybridized carbons (Fsp3) is 0.300. The van der Waals surface area contributed by atoms with E-state index < -0.39 is 0 Å². The molecule has 1 N–H and O–H groups in total. The van der Waals surface area contributed by atoms with E-state index in [1.54, 1.807) is 12.0 Å². The van der Waals surface area contributed by atoms with Crippen LogP contribution < -0.4 is 15.0 Å². The molecule has 1 aliphatic heterocycles. The number of aryl methyl sites for hydroxylation is 2. The summed E-state index contributed by atoms with van der Waals surface area (Å²) in [5, 5.41) is 2.97. The van der Waals surface area contributed by atoms with Crippen LogP contribution in [0.25, 0.3) is 0 Å². The zero-order valence-electron chi connectivity index (χ0n) is 14.7. The van der Waals surface area contributed by atoms with E-state index in [-0.39, 0.29) is 24.2 Å². The topological polar surface area (TPSA) is 58.6 Å². The second kappa shape index (κ2) is 6.97. The van der Waals surface area contributed by atoms with E-state index in [9.17, 15) is 9.59 Å². The minimum atomic E-state index is -0.352. The van der Waals surface area contributed by atoms with Crippen molar-refractivity contribution in [1.29, 1.82) is 0 Å². The SMILES string of the molecule is COc1ccc(N2C[C@H](C(=O)Nc3cc(C)ccc3C)CC2=O)cc1. The van der Waals surface area contributed by atoms with E-state index in [1.165, 1.54) is 0 Å². The number of methoxy groups -OCH3 is 1. The minimum absolute atomic E-state index is 0.0359. The third-order valence-corrected chi connectivity index (χ3v) is 4.53. The van der Waals surface area contributed by atoms with Gasteiger partial charge in [-0.3, -0.25) is 9.59 Å². The van der Waals surface area contributed by atoms with Gasteiger partial charge in [-0.15, -0.1) is 0 Å². The molecule has 2 aromatic carbocycles. The maximum absolute atomic E-state index is 12.6. The predicted molar refractivity (Wildman–Crippen MR) is 98.0 cm³/mol. The Morgan fingerprint density at radius 1 is 1.16 bits per heavy atom. The standard InChI is InChI=1S/C20H22N2O3/c1-13-4-5-14(2)18(10-13)21-20(24)15-11-19(23)22(12-15)16-6-8-17(25-3)9-7-16/h4-10,15H,11-12H2,1-3H3,(H,21,24)/t15-/m1/s1. The maximum atomic E-state index is 12.6. The fourth-order valence-corrected chi connectivity index (χ4v) is 3.00. The Hall–Kier alpha value is -2.82. The Morgan fingerprint density at radius 3 is 2.56 bits per heavy atom. The van der Waals surface area contributed by atoms with E-state index in [0.717, 1.165) is 28.3 Å². The van der Waals surface area contributed by atoms with Crippen molar-refractivity contribution in [3.05, 3.63) is 53.6 Å². The van der Waals surface area contributed by atoms with Crippen molar-refractivity contribution in [1.82, 2.24) is 0 Å². The van der Waals surface area contributed by atoms with Gasteiger partial charge in [-0.2, -0.15) is 0 Å². The van der Waals surface area contributed by atoms with Crippen LogP contribution in [0.5, 0.6) is 5.75 Å². The molecule has 1 fully saturated rings. The van der Waals surface area contributed by atoms with E-state index >= 15 is 0 Å². The lowest BCUT2D eigenvalue weighted by Crippen LogP contribution is -2.28. The third-order valence-electron chi connectivity index (χ3n) is 4.53. The monoisotopic (exact) mass is 338 g/mol. The number of amides is 2. The first-order chi connectivity index (χ1) is 12.0. The molecule has 25 heavy (non-hydrogen) atoms. The summed E-state index contributed by atoms with van der Waals surface area (Å²) in [6.07, 6.45) is 0.225. The number of ether oxygens (including phenoxy) is 1. The molecule has 0 aromatic heterocycles. The van der Waals surface area contributed by atoms with E-state index in [0.29, 0.717) is 6.54 Å². The molecule has 0 bridgehead atoms. The Bertz CT molecular complexity index is 799. The summed E-state index contributed by atoms with van der Waals surface area (Å²) in [4.78, 5) is 26.6. The summed E-state index contributed by atoms with van der Waals surface area (Å²) in [6, 6.07) is 13.2. The Balaban J connectivity index is 1.70. The molecular formula is C20H22N2O3. The van der Waals surface area contributed by atoms with Gasteiger partial charge in [-0.25, -0.2) is 0 Å². The first-order valence-corrected chi connectivity index (χ1v) is 8.30. The molecule has 2 amide bonds. The molecule has 5 heteroatoms. The number of rotatable bonds is 4. The van der Waals surface area contributed by atoms with Crippen molar-refractivity contribution in [2.24, 2.45) is 5.92 Å². The summed E-state index contributed by atoms with van der Waals surface area (Å²) in [6.45, 7) is 4.33. The zero-order chi connectivity index (χ0) is 18.0. The number of nitrogens with zero attached hydrogens (tertiary/aromatic N) is 1. The van der Waals surface area contributed by atoms with Crippen molar-refractivity contribution in [2.75, 3.05) is 23.9 Å². The van der Waals surface area contributed by atoms with Crippen molar-refractivity contribution in [2.45, 2.75) is 20.3 Å². The number of carbonyl (C=O) groups is 2. The van der Waals surface area contributed by atoms with Gasteiger partial charge in [-0.1, -0.05) is 12.1 Å². The number of nitrogens with one attached hydrogen (secondary N) is 1. The summed E-state index contributed by atoms with van der Waals surface area (Å²) in [5.41, 5.74) is 3.69. The zero-order valence-corrected chi connectivity index (χ0v) is 14.7. The van der Waals surface area contributed by atoms with Crippen LogP contribution in [0.15, 0.2) is 42.5 Å². The average Bonchev–Trinajstić information content (AvgIpc) is 3.00. The molecule has 0 spiro atoms. The highest BCUT2D eigenvalue weighted by Gasteiger charge is 2.35. The summed E-state index contributed by atoms with van der Waals surface area (Å²) in [5.74, 6) is 0.235. The van der Waals surface area contributed by atoms with Crippen LogP contribution in [-0.2, 0) is 9.59 Å². The van der Waals surface area contributed by atoms with Gasteiger partial charge in [0.1, 0.15) is 5.75 Å². The number of benzene rings is 2. The molecule has 1 atom stereocenters. The molecule has 0 saturated carbocycles. The molecule has 0 unspecified atom stereocenters. The molecule has 1 aliphatic rings.